The summed E-state index contributed by atoms with van der Waals surface area (Å²) >= 11 is 0. The molecule has 1 rings (SSSR count). The molecule has 0 aromatic heterocycles. The number of aliphatic carboxylic acids is 1. The standard InChI is InChI=1S/C10H12N2O3/c1-6-4-7(10(11)15)2-3-8(6)12-5-9(13)14/h2-4,12H,5H2,1H3,(H2,11,15)(H,13,14). The smallest absolute Gasteiger partial charge is 0.322 e. The van der Waals surface area contributed by atoms with Crippen LogP contribution in [0.3, 0.4) is 0 Å². The number of nitrogens with one attached hydrogen (secondary N) is 1. The van der Waals surface area contributed by atoms with Gasteiger partial charge < -0.3 is 16.2 Å². The molecule has 0 radical (unpaired) electrons. The van der Waals surface area contributed by atoms with Crippen LogP contribution in [0, 0.1) is 6.92 Å². The molecule has 80 valence electrons. The highest BCUT2D eigenvalue weighted by molar-refractivity contribution is 5.93. The van der Waals surface area contributed by atoms with Gasteiger partial charge in [-0.1, -0.05) is 0 Å². The molecule has 1 aromatic rings. The molecule has 1 aromatic carbocycles. The maximum Gasteiger partial charge on any atom is 0.322 e. The van der Waals surface area contributed by atoms with Crippen molar-refractivity contribution < 1.29 is 14.7 Å². The van der Waals surface area contributed by atoms with Crippen molar-refractivity contribution in [3.63, 3.8) is 0 Å². The Hall–Kier alpha value is -2.04. The molecule has 5 nitrogen and oxygen atoms in total. The number of primary amides is 1. The van der Waals surface area contributed by atoms with Crippen LogP contribution in [0.2, 0.25) is 0 Å². The van der Waals surface area contributed by atoms with Gasteiger partial charge in [0.05, 0.1) is 0 Å². The molecular weight excluding hydrogens is 196 g/mol. The fourth-order valence-corrected chi connectivity index (χ4v) is 1.19. The summed E-state index contributed by atoms with van der Waals surface area (Å²) in [6.45, 7) is 1.62. The molecule has 15 heavy (non-hydrogen) atoms. The molecule has 1 amide bonds. The summed E-state index contributed by atoms with van der Waals surface area (Å²) in [5.41, 5.74) is 6.98. The number of rotatable bonds is 4. The SMILES string of the molecule is Cc1cc(C(N)=O)ccc1NCC(=O)O. The van der Waals surface area contributed by atoms with Gasteiger partial charge in [-0.25, -0.2) is 0 Å². The molecule has 0 saturated carbocycles. The van der Waals surface area contributed by atoms with Crippen molar-refractivity contribution >= 4 is 17.6 Å². The fourth-order valence-electron chi connectivity index (χ4n) is 1.19. The van der Waals surface area contributed by atoms with E-state index in [-0.39, 0.29) is 6.54 Å². The topological polar surface area (TPSA) is 92.4 Å². The van der Waals surface area contributed by atoms with E-state index in [1.54, 1.807) is 25.1 Å². The predicted molar refractivity (Wildman–Crippen MR) is 55.8 cm³/mol. The molecule has 0 atom stereocenters. The molecule has 0 unspecified atom stereocenters. The van der Waals surface area contributed by atoms with Gasteiger partial charge in [0.25, 0.3) is 0 Å². The number of hydrogen-bond donors (Lipinski definition) is 3. The van der Waals surface area contributed by atoms with Gasteiger partial charge in [0, 0.05) is 11.3 Å². The van der Waals surface area contributed by atoms with Gasteiger partial charge >= 0.3 is 5.97 Å². The number of anilines is 1. The van der Waals surface area contributed by atoms with E-state index in [9.17, 15) is 9.59 Å². The molecule has 0 heterocycles. The Kier molecular flexibility index (Phi) is 3.28. The second-order valence-electron chi connectivity index (χ2n) is 3.14. The van der Waals surface area contributed by atoms with Crippen LogP contribution in [0.1, 0.15) is 15.9 Å². The number of carbonyl (C=O) groups excluding carboxylic acids is 1. The second-order valence-corrected chi connectivity index (χ2v) is 3.14. The van der Waals surface area contributed by atoms with E-state index in [1.165, 1.54) is 0 Å². The van der Waals surface area contributed by atoms with E-state index < -0.39 is 11.9 Å². The van der Waals surface area contributed by atoms with Crippen LogP contribution in [-0.2, 0) is 4.79 Å². The molecule has 0 fully saturated rings. The van der Waals surface area contributed by atoms with Gasteiger partial charge in [0.1, 0.15) is 6.54 Å². The molecule has 0 saturated heterocycles. The highest BCUT2D eigenvalue weighted by Gasteiger charge is 2.04. The lowest BCUT2D eigenvalue weighted by atomic mass is 10.1. The molecule has 4 N–H and O–H groups in total. The van der Waals surface area contributed by atoms with Crippen molar-refractivity contribution in [3.8, 4) is 0 Å². The predicted octanol–water partition coefficient (Wildman–Crippen LogP) is 0.590. The lowest BCUT2D eigenvalue weighted by Crippen LogP contribution is -2.14. The largest absolute Gasteiger partial charge is 0.480 e. The Morgan fingerprint density at radius 3 is 2.60 bits per heavy atom. The van der Waals surface area contributed by atoms with Crippen molar-refractivity contribution in [1.29, 1.82) is 0 Å². The second kappa shape index (κ2) is 4.45. The summed E-state index contributed by atoms with van der Waals surface area (Å²) in [6, 6.07) is 4.81. The van der Waals surface area contributed by atoms with E-state index >= 15 is 0 Å². The first kappa shape index (κ1) is 11.0. The molecule has 0 spiro atoms. The van der Waals surface area contributed by atoms with E-state index in [1.807, 2.05) is 0 Å². The van der Waals surface area contributed by atoms with Gasteiger partial charge in [0.2, 0.25) is 5.91 Å². The zero-order valence-corrected chi connectivity index (χ0v) is 8.28. The number of carboxylic acids is 1. The molecule has 0 aliphatic heterocycles. The van der Waals surface area contributed by atoms with Crippen LogP contribution < -0.4 is 11.1 Å². The van der Waals surface area contributed by atoms with E-state index in [2.05, 4.69) is 5.32 Å². The zero-order chi connectivity index (χ0) is 11.4. The molecule has 0 aliphatic carbocycles. The van der Waals surface area contributed by atoms with Crippen molar-refractivity contribution in [2.45, 2.75) is 6.92 Å². The van der Waals surface area contributed by atoms with E-state index in [0.29, 0.717) is 11.3 Å². The lowest BCUT2D eigenvalue weighted by Gasteiger charge is -2.07. The maximum absolute atomic E-state index is 10.8. The van der Waals surface area contributed by atoms with Gasteiger partial charge in [-0.15, -0.1) is 0 Å². The Labute approximate surface area is 86.9 Å². The van der Waals surface area contributed by atoms with Crippen LogP contribution in [0.25, 0.3) is 0 Å². The van der Waals surface area contributed by atoms with Gasteiger partial charge in [0.15, 0.2) is 0 Å². The van der Waals surface area contributed by atoms with Gasteiger partial charge in [-0.05, 0) is 30.7 Å². The van der Waals surface area contributed by atoms with E-state index in [4.69, 9.17) is 10.8 Å². The quantitative estimate of drug-likeness (QED) is 0.675. The highest BCUT2D eigenvalue weighted by Crippen LogP contribution is 2.15. The first-order valence-corrected chi connectivity index (χ1v) is 4.37. The average Bonchev–Trinajstić information content (AvgIpc) is 2.15. The third-order valence-corrected chi connectivity index (χ3v) is 1.94. The molecule has 0 aliphatic rings. The number of carbonyl (C=O) groups is 2. The van der Waals surface area contributed by atoms with Crippen molar-refractivity contribution in [1.82, 2.24) is 0 Å². The summed E-state index contributed by atoms with van der Waals surface area (Å²) in [4.78, 5) is 21.2. The van der Waals surface area contributed by atoms with E-state index in [0.717, 1.165) is 5.56 Å². The van der Waals surface area contributed by atoms with Crippen molar-refractivity contribution in [2.75, 3.05) is 11.9 Å². The zero-order valence-electron chi connectivity index (χ0n) is 8.28. The molecule has 5 heteroatoms. The first-order chi connectivity index (χ1) is 7.00. The van der Waals surface area contributed by atoms with Crippen LogP contribution in [0.15, 0.2) is 18.2 Å². The number of aryl methyl sites for hydroxylation is 1. The Morgan fingerprint density at radius 1 is 1.47 bits per heavy atom. The van der Waals surface area contributed by atoms with Crippen LogP contribution in [0.4, 0.5) is 5.69 Å². The highest BCUT2D eigenvalue weighted by atomic mass is 16.4. The molecular formula is C10H12N2O3. The molecule has 0 bridgehead atoms. The Bertz CT molecular complexity index is 402. The van der Waals surface area contributed by atoms with Crippen LogP contribution in [-0.4, -0.2) is 23.5 Å². The summed E-state index contributed by atoms with van der Waals surface area (Å²) in [6.07, 6.45) is 0. The van der Waals surface area contributed by atoms with Gasteiger partial charge in [-0.3, -0.25) is 9.59 Å². The van der Waals surface area contributed by atoms with Crippen molar-refractivity contribution in [3.05, 3.63) is 29.3 Å². The average molecular weight is 208 g/mol. The summed E-state index contributed by atoms with van der Waals surface area (Å²) in [5.74, 6) is -1.43. The number of nitrogens with two attached hydrogens (primary N) is 1. The maximum atomic E-state index is 10.8. The van der Waals surface area contributed by atoms with Crippen LogP contribution in [0.5, 0.6) is 0 Å². The number of benzene rings is 1. The monoisotopic (exact) mass is 208 g/mol. The summed E-state index contributed by atoms with van der Waals surface area (Å²) < 4.78 is 0. The number of hydrogen-bond acceptors (Lipinski definition) is 3. The minimum Gasteiger partial charge on any atom is -0.480 e. The lowest BCUT2D eigenvalue weighted by molar-refractivity contribution is -0.134. The Balaban J connectivity index is 2.83. The fraction of sp³-hybridized carbons (Fsp3) is 0.200. The Morgan fingerprint density at radius 2 is 2.13 bits per heavy atom. The third kappa shape index (κ3) is 2.98. The van der Waals surface area contributed by atoms with Gasteiger partial charge in [-0.2, -0.15) is 0 Å². The minimum absolute atomic E-state index is 0.156. The first-order valence-electron chi connectivity index (χ1n) is 4.37. The van der Waals surface area contributed by atoms with Crippen LogP contribution >= 0.6 is 0 Å². The third-order valence-electron chi connectivity index (χ3n) is 1.94. The summed E-state index contributed by atoms with van der Waals surface area (Å²) in [7, 11) is 0. The minimum atomic E-state index is -0.937. The summed E-state index contributed by atoms with van der Waals surface area (Å²) in [5, 5.41) is 11.2. The number of amides is 1. The normalized spacial score (nSPS) is 9.67. The van der Waals surface area contributed by atoms with Crippen molar-refractivity contribution in [2.24, 2.45) is 5.73 Å². The number of carboxylic acid groups (broad SMARTS) is 1.